The number of hydrogen-bond donors (Lipinski definition) is 2. The second kappa shape index (κ2) is 9.53. The van der Waals surface area contributed by atoms with Crippen molar-refractivity contribution in [2.75, 3.05) is 29.2 Å². The van der Waals surface area contributed by atoms with Crippen LogP contribution in [0.15, 0.2) is 30.3 Å². The van der Waals surface area contributed by atoms with Crippen molar-refractivity contribution in [3.05, 3.63) is 52.6 Å². The van der Waals surface area contributed by atoms with Crippen LogP contribution in [0, 0.1) is 19.8 Å². The van der Waals surface area contributed by atoms with E-state index >= 15 is 0 Å². The summed E-state index contributed by atoms with van der Waals surface area (Å²) in [6, 6.07) is 10.4. The van der Waals surface area contributed by atoms with Crippen LogP contribution in [0.4, 0.5) is 16.2 Å². The molecule has 1 aliphatic carbocycles. The number of nitrogens with zero attached hydrogens (tertiary/aromatic N) is 1. The molecule has 2 N–H and O–H groups in total. The molecule has 2 heterocycles. The van der Waals surface area contributed by atoms with Gasteiger partial charge in [0.2, 0.25) is 5.91 Å². The summed E-state index contributed by atoms with van der Waals surface area (Å²) in [6.45, 7) is 4.79. The Kier molecular flexibility index (Phi) is 6.47. The number of hydrogen-bond acceptors (Lipinski definition) is 4. The molecule has 1 saturated heterocycles. The number of carbonyl (C=O) groups is 2. The largest absolute Gasteiger partial charge is 0.496 e. The van der Waals surface area contributed by atoms with Gasteiger partial charge in [0.25, 0.3) is 0 Å². The topological polar surface area (TPSA) is 70.7 Å². The number of amides is 3. The maximum absolute atomic E-state index is 13.0. The molecule has 180 valence electrons. The third-order valence-electron chi connectivity index (χ3n) is 7.62. The lowest BCUT2D eigenvalue weighted by Crippen LogP contribution is -2.47. The Hall–Kier alpha value is -2.67. The molecule has 1 saturated carbocycles. The van der Waals surface area contributed by atoms with E-state index in [1.807, 2.05) is 41.8 Å². The van der Waals surface area contributed by atoms with Crippen LogP contribution in [0.1, 0.15) is 53.9 Å². The smallest absolute Gasteiger partial charge is 0.322 e. The summed E-state index contributed by atoms with van der Waals surface area (Å²) in [4.78, 5) is 27.9. The maximum Gasteiger partial charge on any atom is 0.322 e. The van der Waals surface area contributed by atoms with E-state index in [-0.39, 0.29) is 23.9 Å². The molecular weight excluding hydrogens is 446 g/mol. The van der Waals surface area contributed by atoms with Gasteiger partial charge in [-0.15, -0.1) is 0 Å². The first-order chi connectivity index (χ1) is 16.4. The normalized spacial score (nSPS) is 22.4. The van der Waals surface area contributed by atoms with Crippen molar-refractivity contribution in [3.8, 4) is 5.75 Å². The Morgan fingerprint density at radius 2 is 1.85 bits per heavy atom. The molecule has 2 fully saturated rings. The molecule has 0 aromatic heterocycles. The Morgan fingerprint density at radius 1 is 1.09 bits per heavy atom. The van der Waals surface area contributed by atoms with Gasteiger partial charge in [0.1, 0.15) is 5.75 Å². The second-order valence-corrected chi connectivity index (χ2v) is 10.9. The highest BCUT2D eigenvalue weighted by Crippen LogP contribution is 2.39. The van der Waals surface area contributed by atoms with Gasteiger partial charge in [0, 0.05) is 46.8 Å². The van der Waals surface area contributed by atoms with Gasteiger partial charge < -0.3 is 20.3 Å². The molecule has 0 unspecified atom stereocenters. The van der Waals surface area contributed by atoms with Crippen molar-refractivity contribution in [1.29, 1.82) is 0 Å². The second-order valence-electron chi connectivity index (χ2n) is 9.84. The molecule has 6 nitrogen and oxygen atoms in total. The molecule has 5 rings (SSSR count). The van der Waals surface area contributed by atoms with Crippen LogP contribution < -0.4 is 15.4 Å². The summed E-state index contributed by atoms with van der Waals surface area (Å²) in [5.41, 5.74) is 6.61. The number of carbonyl (C=O) groups excluding carboxylic acids is 2. The van der Waals surface area contributed by atoms with Gasteiger partial charge in [-0.3, -0.25) is 4.79 Å². The quantitative estimate of drug-likeness (QED) is 0.578. The lowest BCUT2D eigenvalue weighted by Gasteiger charge is -2.40. The number of rotatable bonds is 5. The summed E-state index contributed by atoms with van der Waals surface area (Å²) in [5.74, 6) is 3.75. The standard InChI is InChI=1S/C27H33N3O3S/c1-16-4-7-21(12-25(16)33-3)28-26(31)18-5-8-22(9-6-18)30-13-23-17(2)10-19(20-14-34-15-20)11-24(23)29-27(30)32/h4,7,10-12,18,20,22H,5-6,8-9,13-15H2,1-3H3,(H,28,31)(H,29,32). The molecule has 0 radical (unpaired) electrons. The zero-order valence-electron chi connectivity index (χ0n) is 20.1. The third-order valence-corrected chi connectivity index (χ3v) is 8.90. The SMILES string of the molecule is COc1cc(NC(=O)C2CCC(N3Cc4c(C)cc(C5CSC5)cc4NC3=O)CC2)ccc1C. The van der Waals surface area contributed by atoms with Gasteiger partial charge in [-0.05, 0) is 73.9 Å². The van der Waals surface area contributed by atoms with Crippen molar-refractivity contribution >= 4 is 35.1 Å². The first kappa shape index (κ1) is 23.1. The summed E-state index contributed by atoms with van der Waals surface area (Å²) in [5, 5.41) is 6.21. The third kappa shape index (κ3) is 4.50. The first-order valence-electron chi connectivity index (χ1n) is 12.2. The minimum atomic E-state index is -0.0340. The van der Waals surface area contributed by atoms with Gasteiger partial charge in [-0.25, -0.2) is 4.79 Å². The number of thioether (sulfide) groups is 1. The molecule has 7 heteroatoms. The van der Waals surface area contributed by atoms with Gasteiger partial charge in [-0.1, -0.05) is 12.1 Å². The van der Waals surface area contributed by atoms with Crippen LogP contribution in [-0.2, 0) is 11.3 Å². The van der Waals surface area contributed by atoms with E-state index in [0.29, 0.717) is 12.5 Å². The van der Waals surface area contributed by atoms with E-state index in [1.54, 1.807) is 7.11 Å². The van der Waals surface area contributed by atoms with Crippen molar-refractivity contribution < 1.29 is 14.3 Å². The fourth-order valence-electron chi connectivity index (χ4n) is 5.35. The molecule has 2 aromatic carbocycles. The Labute approximate surface area is 205 Å². The zero-order chi connectivity index (χ0) is 23.8. The van der Waals surface area contributed by atoms with Gasteiger partial charge in [0.05, 0.1) is 13.7 Å². The molecular formula is C27H33N3O3S. The van der Waals surface area contributed by atoms with E-state index in [2.05, 4.69) is 29.7 Å². The number of anilines is 2. The fraction of sp³-hybridized carbons (Fsp3) is 0.481. The van der Waals surface area contributed by atoms with E-state index in [0.717, 1.165) is 48.4 Å². The number of methoxy groups -OCH3 is 1. The van der Waals surface area contributed by atoms with Gasteiger partial charge in [0.15, 0.2) is 0 Å². The van der Waals surface area contributed by atoms with Gasteiger partial charge in [-0.2, -0.15) is 11.8 Å². The molecule has 2 aromatic rings. The highest BCUT2D eigenvalue weighted by Gasteiger charge is 2.35. The van der Waals surface area contributed by atoms with Crippen molar-refractivity contribution in [2.45, 2.75) is 58.0 Å². The molecule has 0 spiro atoms. The molecule has 0 atom stereocenters. The van der Waals surface area contributed by atoms with Crippen LogP contribution in [0.25, 0.3) is 0 Å². The summed E-state index contributed by atoms with van der Waals surface area (Å²) in [7, 11) is 1.64. The Bertz CT molecular complexity index is 1110. The summed E-state index contributed by atoms with van der Waals surface area (Å²) < 4.78 is 5.37. The van der Waals surface area contributed by atoms with E-state index in [4.69, 9.17) is 4.74 Å². The highest BCUT2D eigenvalue weighted by atomic mass is 32.2. The average molecular weight is 480 g/mol. The number of nitrogens with one attached hydrogen (secondary N) is 2. The number of aryl methyl sites for hydroxylation is 2. The minimum absolute atomic E-state index is 0.00770. The highest BCUT2D eigenvalue weighted by molar-refractivity contribution is 8.00. The fourth-order valence-corrected chi connectivity index (χ4v) is 6.20. The lowest BCUT2D eigenvalue weighted by molar-refractivity contribution is -0.121. The lowest BCUT2D eigenvalue weighted by atomic mass is 9.84. The van der Waals surface area contributed by atoms with Crippen LogP contribution in [0.5, 0.6) is 5.75 Å². The van der Waals surface area contributed by atoms with Crippen molar-refractivity contribution in [1.82, 2.24) is 4.90 Å². The number of ether oxygens (including phenoxy) is 1. The molecule has 3 amide bonds. The van der Waals surface area contributed by atoms with E-state index in [9.17, 15) is 9.59 Å². The first-order valence-corrected chi connectivity index (χ1v) is 13.3. The summed E-state index contributed by atoms with van der Waals surface area (Å²) in [6.07, 6.45) is 3.25. The van der Waals surface area contributed by atoms with Crippen LogP contribution in [0.3, 0.4) is 0 Å². The van der Waals surface area contributed by atoms with E-state index in [1.165, 1.54) is 28.2 Å². The van der Waals surface area contributed by atoms with Crippen molar-refractivity contribution in [3.63, 3.8) is 0 Å². The number of benzene rings is 2. The van der Waals surface area contributed by atoms with Crippen LogP contribution >= 0.6 is 11.8 Å². The molecule has 0 bridgehead atoms. The maximum atomic E-state index is 13.0. The number of fused-ring (bicyclic) bond motifs is 1. The predicted molar refractivity (Wildman–Crippen MR) is 138 cm³/mol. The van der Waals surface area contributed by atoms with Gasteiger partial charge >= 0.3 is 6.03 Å². The van der Waals surface area contributed by atoms with Crippen LogP contribution in [-0.4, -0.2) is 41.5 Å². The predicted octanol–water partition coefficient (Wildman–Crippen LogP) is 5.69. The van der Waals surface area contributed by atoms with Crippen molar-refractivity contribution in [2.24, 2.45) is 5.92 Å². The summed E-state index contributed by atoms with van der Waals surface area (Å²) >= 11 is 1.98. The van der Waals surface area contributed by atoms with E-state index < -0.39 is 0 Å². The Morgan fingerprint density at radius 3 is 2.53 bits per heavy atom. The minimum Gasteiger partial charge on any atom is -0.496 e. The molecule has 34 heavy (non-hydrogen) atoms. The number of urea groups is 1. The molecule has 3 aliphatic rings. The average Bonchev–Trinajstić information content (AvgIpc) is 2.79. The molecule has 2 aliphatic heterocycles. The van der Waals surface area contributed by atoms with Crippen LogP contribution in [0.2, 0.25) is 0 Å². The zero-order valence-corrected chi connectivity index (χ0v) is 21.0. The Balaban J connectivity index is 1.20. The monoisotopic (exact) mass is 479 g/mol.